The second-order valence-corrected chi connectivity index (χ2v) is 7.77. The van der Waals surface area contributed by atoms with Gasteiger partial charge in [-0.15, -0.1) is 0 Å². The fraction of sp³-hybridized carbons (Fsp3) is 0.280. The third-order valence-corrected chi connectivity index (χ3v) is 6.45. The number of fused-ring (bicyclic) bond motifs is 4. The molecule has 3 aliphatic rings. The summed E-state index contributed by atoms with van der Waals surface area (Å²) in [5.74, 6) is 0.667. The highest BCUT2D eigenvalue weighted by atomic mass is 15.2. The Morgan fingerprint density at radius 2 is 1.35 bits per heavy atom. The van der Waals surface area contributed by atoms with Crippen molar-refractivity contribution in [1.82, 2.24) is 0 Å². The molecule has 2 aromatic carbocycles. The second-order valence-electron chi connectivity index (χ2n) is 7.77. The summed E-state index contributed by atoms with van der Waals surface area (Å²) in [6.07, 6.45) is 14.2. The largest absolute Gasteiger partial charge is 0.371 e. The van der Waals surface area contributed by atoms with Crippen LogP contribution in [-0.4, -0.2) is 13.1 Å². The van der Waals surface area contributed by atoms with Crippen molar-refractivity contribution in [2.45, 2.75) is 37.6 Å². The summed E-state index contributed by atoms with van der Waals surface area (Å²) in [5, 5.41) is 0. The molecular formula is C25H25N. The molecule has 5 rings (SSSR count). The van der Waals surface area contributed by atoms with Crippen molar-refractivity contribution >= 4 is 17.8 Å². The minimum absolute atomic E-state index is 0.636. The molecule has 0 fully saturated rings. The zero-order valence-electron chi connectivity index (χ0n) is 15.4. The molecular weight excluding hydrogens is 314 g/mol. The van der Waals surface area contributed by atoms with Gasteiger partial charge in [0.1, 0.15) is 0 Å². The average Bonchev–Trinajstić information content (AvgIpc) is 2.91. The van der Waals surface area contributed by atoms with Crippen LogP contribution in [-0.2, 0) is 0 Å². The van der Waals surface area contributed by atoms with Crippen LogP contribution in [0.25, 0.3) is 12.2 Å². The lowest BCUT2D eigenvalue weighted by atomic mass is 9.81. The lowest BCUT2D eigenvalue weighted by molar-refractivity contribution is 0.476. The van der Waals surface area contributed by atoms with E-state index < -0.39 is 0 Å². The van der Waals surface area contributed by atoms with E-state index >= 15 is 0 Å². The number of allylic oxidation sites excluding steroid dienone is 4. The minimum atomic E-state index is 0.636. The zero-order valence-corrected chi connectivity index (χ0v) is 15.4. The van der Waals surface area contributed by atoms with Crippen molar-refractivity contribution in [2.24, 2.45) is 0 Å². The number of hydrogen-bond acceptors (Lipinski definition) is 1. The van der Waals surface area contributed by atoms with Crippen LogP contribution in [0.5, 0.6) is 0 Å². The second kappa shape index (κ2) is 6.32. The SMILES string of the molecule is CN1c2ccccc2C2CCC3=C(/C=C\c4ccccc4C=C3)CCC21. The Morgan fingerprint density at radius 3 is 2.08 bits per heavy atom. The van der Waals surface area contributed by atoms with E-state index in [9.17, 15) is 0 Å². The molecule has 0 saturated carbocycles. The van der Waals surface area contributed by atoms with E-state index in [4.69, 9.17) is 0 Å². The fourth-order valence-corrected chi connectivity index (χ4v) is 5.03. The molecule has 2 unspecified atom stereocenters. The standard InChI is InChI=1S/C25H25N/c1-26-24-9-5-4-8-22(24)23-16-14-20-12-10-18-6-2-3-7-19(18)11-13-21(20)15-17-25(23)26/h2-13,23,25H,14-17H2,1H3/b12-10?,13-11-,18-10?,19-11?,20-12?,21-13?,21-20?. The number of rotatable bonds is 0. The Hall–Kier alpha value is -2.54. The topological polar surface area (TPSA) is 3.24 Å². The number of likely N-dealkylation sites (N-methyl/N-ethyl adjacent to an activating group) is 1. The Morgan fingerprint density at radius 1 is 0.731 bits per heavy atom. The molecule has 0 aromatic heterocycles. The van der Waals surface area contributed by atoms with Gasteiger partial charge in [-0.2, -0.15) is 0 Å². The highest BCUT2D eigenvalue weighted by Crippen LogP contribution is 2.46. The third-order valence-electron chi connectivity index (χ3n) is 6.45. The van der Waals surface area contributed by atoms with Crippen molar-refractivity contribution in [2.75, 3.05) is 11.9 Å². The Balaban J connectivity index is 1.49. The zero-order chi connectivity index (χ0) is 17.5. The lowest BCUT2D eigenvalue weighted by Crippen LogP contribution is -2.31. The molecule has 0 bridgehead atoms. The molecule has 130 valence electrons. The molecule has 0 N–H and O–H groups in total. The van der Waals surface area contributed by atoms with Gasteiger partial charge in [0, 0.05) is 24.7 Å². The van der Waals surface area contributed by atoms with Crippen LogP contribution in [0.4, 0.5) is 5.69 Å². The van der Waals surface area contributed by atoms with Gasteiger partial charge in [0.05, 0.1) is 0 Å². The van der Waals surface area contributed by atoms with Gasteiger partial charge in [0.25, 0.3) is 0 Å². The molecule has 0 spiro atoms. The van der Waals surface area contributed by atoms with Gasteiger partial charge >= 0.3 is 0 Å². The maximum atomic E-state index is 2.53. The van der Waals surface area contributed by atoms with E-state index in [0.29, 0.717) is 12.0 Å². The van der Waals surface area contributed by atoms with Gasteiger partial charge in [-0.1, -0.05) is 66.8 Å². The quantitative estimate of drug-likeness (QED) is 0.552. The van der Waals surface area contributed by atoms with Gasteiger partial charge in [-0.05, 0) is 59.6 Å². The molecule has 0 amide bonds. The van der Waals surface area contributed by atoms with Crippen LogP contribution in [0.15, 0.2) is 71.8 Å². The first-order chi connectivity index (χ1) is 12.8. The van der Waals surface area contributed by atoms with Crippen molar-refractivity contribution in [3.8, 4) is 0 Å². The first-order valence-corrected chi connectivity index (χ1v) is 9.80. The Kier molecular flexibility index (Phi) is 3.81. The monoisotopic (exact) mass is 339 g/mol. The number of nitrogens with zero attached hydrogens (tertiary/aromatic N) is 1. The summed E-state index contributed by atoms with van der Waals surface area (Å²) >= 11 is 0. The molecule has 0 saturated heterocycles. The summed E-state index contributed by atoms with van der Waals surface area (Å²) in [6.45, 7) is 0. The summed E-state index contributed by atoms with van der Waals surface area (Å²) < 4.78 is 0. The Bertz CT molecular complexity index is 931. The van der Waals surface area contributed by atoms with E-state index in [1.54, 1.807) is 5.56 Å². The molecule has 2 aromatic rings. The van der Waals surface area contributed by atoms with E-state index in [-0.39, 0.29) is 0 Å². The van der Waals surface area contributed by atoms with Gasteiger partial charge in [-0.25, -0.2) is 0 Å². The molecule has 1 heterocycles. The molecule has 1 aliphatic heterocycles. The van der Waals surface area contributed by atoms with Crippen LogP contribution in [0.3, 0.4) is 0 Å². The predicted octanol–water partition coefficient (Wildman–Crippen LogP) is 6.20. The predicted molar refractivity (Wildman–Crippen MR) is 111 cm³/mol. The summed E-state index contributed by atoms with van der Waals surface area (Å²) in [4.78, 5) is 2.53. The normalized spacial score (nSPS) is 25.2. The van der Waals surface area contributed by atoms with Crippen molar-refractivity contribution < 1.29 is 0 Å². The van der Waals surface area contributed by atoms with Crippen LogP contribution >= 0.6 is 0 Å². The molecule has 0 radical (unpaired) electrons. The van der Waals surface area contributed by atoms with E-state index in [0.717, 1.165) is 6.42 Å². The highest BCUT2D eigenvalue weighted by Gasteiger charge is 2.36. The van der Waals surface area contributed by atoms with Gasteiger partial charge in [0.2, 0.25) is 0 Å². The molecule has 2 aliphatic carbocycles. The summed E-state index contributed by atoms with van der Waals surface area (Å²) in [7, 11) is 2.28. The smallest absolute Gasteiger partial charge is 0.0402 e. The van der Waals surface area contributed by atoms with E-state index in [1.165, 1.54) is 47.2 Å². The molecule has 1 heteroatoms. The van der Waals surface area contributed by atoms with Crippen LogP contribution in [0.1, 0.15) is 48.3 Å². The molecule has 26 heavy (non-hydrogen) atoms. The fourth-order valence-electron chi connectivity index (χ4n) is 5.03. The third kappa shape index (κ3) is 2.54. The lowest BCUT2D eigenvalue weighted by Gasteiger charge is -2.30. The highest BCUT2D eigenvalue weighted by molar-refractivity contribution is 5.70. The van der Waals surface area contributed by atoms with E-state index in [2.05, 4.69) is 84.8 Å². The van der Waals surface area contributed by atoms with Crippen molar-refractivity contribution in [1.29, 1.82) is 0 Å². The van der Waals surface area contributed by atoms with Crippen molar-refractivity contribution in [3.63, 3.8) is 0 Å². The van der Waals surface area contributed by atoms with Gasteiger partial charge < -0.3 is 4.90 Å². The van der Waals surface area contributed by atoms with Gasteiger partial charge in [0.15, 0.2) is 0 Å². The summed E-state index contributed by atoms with van der Waals surface area (Å²) in [6, 6.07) is 18.3. The number of benzene rings is 2. The maximum absolute atomic E-state index is 2.53. The minimum Gasteiger partial charge on any atom is -0.371 e. The van der Waals surface area contributed by atoms with E-state index in [1.807, 2.05) is 0 Å². The first-order valence-electron chi connectivity index (χ1n) is 9.80. The van der Waals surface area contributed by atoms with Crippen LogP contribution < -0.4 is 4.90 Å². The maximum Gasteiger partial charge on any atom is 0.0402 e. The number of para-hydroxylation sites is 1. The average molecular weight is 339 g/mol. The van der Waals surface area contributed by atoms with Crippen LogP contribution in [0.2, 0.25) is 0 Å². The molecule has 1 nitrogen and oxygen atoms in total. The molecule has 2 atom stereocenters. The Labute approximate surface area is 156 Å². The number of hydrogen-bond donors (Lipinski definition) is 0. The van der Waals surface area contributed by atoms with Crippen LogP contribution in [0, 0.1) is 0 Å². The number of anilines is 1. The first kappa shape index (κ1) is 15.7. The van der Waals surface area contributed by atoms with Crippen molar-refractivity contribution in [3.05, 3.63) is 88.5 Å². The summed E-state index contributed by atoms with van der Waals surface area (Å²) in [5.41, 5.74) is 8.69. The van der Waals surface area contributed by atoms with Gasteiger partial charge in [-0.3, -0.25) is 0 Å².